The van der Waals surface area contributed by atoms with Gasteiger partial charge in [0.15, 0.2) is 0 Å². The van der Waals surface area contributed by atoms with E-state index in [0.29, 0.717) is 6.54 Å². The first-order chi connectivity index (χ1) is 9.17. The van der Waals surface area contributed by atoms with E-state index in [9.17, 15) is 9.59 Å². The third kappa shape index (κ3) is 4.10. The van der Waals surface area contributed by atoms with Crippen LogP contribution < -0.4 is 0 Å². The monoisotopic (exact) mass is 287 g/mol. The molecular formula is C14H25NO5. The number of aliphatic carboxylic acids is 1. The molecule has 6 nitrogen and oxygen atoms in total. The summed E-state index contributed by atoms with van der Waals surface area (Å²) in [5, 5.41) is 9.14. The Morgan fingerprint density at radius 1 is 1.35 bits per heavy atom. The highest BCUT2D eigenvalue weighted by molar-refractivity contribution is 5.71. The van der Waals surface area contributed by atoms with Gasteiger partial charge in [0.25, 0.3) is 0 Å². The fourth-order valence-corrected chi connectivity index (χ4v) is 2.52. The largest absolute Gasteiger partial charge is 0.481 e. The number of carboxylic acids is 1. The summed E-state index contributed by atoms with van der Waals surface area (Å²) in [5.41, 5.74) is -0.564. The van der Waals surface area contributed by atoms with Crippen molar-refractivity contribution in [2.75, 3.05) is 13.7 Å². The Morgan fingerprint density at radius 2 is 1.95 bits per heavy atom. The molecule has 0 spiro atoms. The molecule has 1 aliphatic rings. The summed E-state index contributed by atoms with van der Waals surface area (Å²) in [7, 11) is 1.48. The number of ether oxygens (including phenoxy) is 2. The van der Waals surface area contributed by atoms with Crippen molar-refractivity contribution in [1.82, 2.24) is 4.90 Å². The van der Waals surface area contributed by atoms with Crippen molar-refractivity contribution in [3.63, 3.8) is 0 Å². The van der Waals surface area contributed by atoms with Crippen LogP contribution in [0.3, 0.4) is 0 Å². The van der Waals surface area contributed by atoms with E-state index in [1.807, 2.05) is 20.8 Å². The molecule has 1 saturated heterocycles. The summed E-state index contributed by atoms with van der Waals surface area (Å²) in [6.45, 7) is 7.60. The van der Waals surface area contributed by atoms with Crippen LogP contribution in [-0.2, 0) is 14.3 Å². The van der Waals surface area contributed by atoms with Crippen molar-refractivity contribution in [1.29, 1.82) is 0 Å². The number of carbonyl (C=O) groups is 2. The molecule has 1 N–H and O–H groups in total. The van der Waals surface area contributed by atoms with Gasteiger partial charge in [0, 0.05) is 13.7 Å². The molecule has 0 saturated carbocycles. The zero-order chi connectivity index (χ0) is 15.5. The maximum absolute atomic E-state index is 12.2. The lowest BCUT2D eigenvalue weighted by molar-refractivity contribution is -0.147. The number of carbonyl (C=O) groups excluding carboxylic acids is 1. The molecule has 1 unspecified atom stereocenters. The summed E-state index contributed by atoms with van der Waals surface area (Å²) < 4.78 is 10.7. The first-order valence-corrected chi connectivity index (χ1v) is 6.92. The summed E-state index contributed by atoms with van der Waals surface area (Å²) >= 11 is 0. The number of likely N-dealkylation sites (tertiary alicyclic amines) is 1. The maximum atomic E-state index is 12.2. The Balaban J connectivity index is 2.82. The zero-order valence-corrected chi connectivity index (χ0v) is 12.9. The molecule has 0 bridgehead atoms. The van der Waals surface area contributed by atoms with Gasteiger partial charge in [-0.1, -0.05) is 0 Å². The van der Waals surface area contributed by atoms with Crippen molar-refractivity contribution in [2.24, 2.45) is 5.92 Å². The van der Waals surface area contributed by atoms with Crippen LogP contribution in [0.2, 0.25) is 0 Å². The zero-order valence-electron chi connectivity index (χ0n) is 12.9. The lowest BCUT2D eigenvalue weighted by Gasteiger charge is -2.34. The van der Waals surface area contributed by atoms with E-state index in [1.54, 1.807) is 11.8 Å². The van der Waals surface area contributed by atoms with E-state index in [1.165, 1.54) is 7.11 Å². The Kier molecular flexibility index (Phi) is 5.39. The molecule has 0 aliphatic carbocycles. The van der Waals surface area contributed by atoms with Crippen molar-refractivity contribution in [2.45, 2.75) is 58.3 Å². The Bertz CT molecular complexity index is 363. The fourth-order valence-electron chi connectivity index (χ4n) is 2.52. The number of methoxy groups -OCH3 is 1. The quantitative estimate of drug-likeness (QED) is 0.857. The predicted molar refractivity (Wildman–Crippen MR) is 73.6 cm³/mol. The predicted octanol–water partition coefficient (Wildman–Crippen LogP) is 2.12. The molecule has 116 valence electrons. The Hall–Kier alpha value is -1.30. The highest BCUT2D eigenvalue weighted by Crippen LogP contribution is 2.27. The molecule has 1 fully saturated rings. The first kappa shape index (κ1) is 16.8. The number of hydrogen-bond acceptors (Lipinski definition) is 4. The smallest absolute Gasteiger partial charge is 0.410 e. The van der Waals surface area contributed by atoms with Crippen LogP contribution in [0.4, 0.5) is 4.79 Å². The minimum Gasteiger partial charge on any atom is -0.481 e. The van der Waals surface area contributed by atoms with Gasteiger partial charge in [0.1, 0.15) is 5.60 Å². The van der Waals surface area contributed by atoms with Gasteiger partial charge in [0.05, 0.1) is 18.1 Å². The second kappa shape index (κ2) is 6.43. The topological polar surface area (TPSA) is 76.1 Å². The van der Waals surface area contributed by atoms with E-state index in [4.69, 9.17) is 14.6 Å². The van der Waals surface area contributed by atoms with Crippen LogP contribution in [0, 0.1) is 5.92 Å². The van der Waals surface area contributed by atoms with Crippen molar-refractivity contribution in [3.05, 3.63) is 0 Å². The van der Waals surface area contributed by atoms with Gasteiger partial charge in [-0.15, -0.1) is 0 Å². The average molecular weight is 287 g/mol. The number of hydrogen-bond donors (Lipinski definition) is 1. The molecule has 0 aromatic carbocycles. The lowest BCUT2D eigenvalue weighted by atomic mass is 9.96. The van der Waals surface area contributed by atoms with Crippen LogP contribution in [0.15, 0.2) is 0 Å². The number of carboxylic acid groups (broad SMARTS) is 1. The van der Waals surface area contributed by atoms with Gasteiger partial charge in [0.2, 0.25) is 0 Å². The van der Waals surface area contributed by atoms with Crippen LogP contribution in [-0.4, -0.2) is 53.5 Å². The van der Waals surface area contributed by atoms with E-state index < -0.39 is 29.7 Å². The highest BCUT2D eigenvalue weighted by Gasteiger charge is 2.41. The van der Waals surface area contributed by atoms with E-state index in [2.05, 4.69) is 0 Å². The van der Waals surface area contributed by atoms with Gasteiger partial charge in [-0.2, -0.15) is 0 Å². The fraction of sp³-hybridized carbons (Fsp3) is 0.857. The molecule has 1 amide bonds. The normalized spacial score (nSPS) is 22.4. The standard InChI is InChI=1S/C14H25NO5/c1-9(12(16)17)11(19-5)10-7-6-8-15(10)13(18)20-14(2,3)4/h9-11H,6-8H2,1-5H3,(H,16,17)/t9-,10?,11+/m0/s1. The average Bonchev–Trinajstić information content (AvgIpc) is 2.76. The molecule has 0 aromatic rings. The van der Waals surface area contributed by atoms with E-state index in [-0.39, 0.29) is 6.04 Å². The van der Waals surface area contributed by atoms with Gasteiger partial charge in [-0.25, -0.2) is 4.79 Å². The third-order valence-corrected chi connectivity index (χ3v) is 3.46. The molecule has 0 aromatic heterocycles. The number of amides is 1. The molecule has 20 heavy (non-hydrogen) atoms. The number of rotatable bonds is 4. The van der Waals surface area contributed by atoms with Crippen molar-refractivity contribution < 1.29 is 24.2 Å². The van der Waals surface area contributed by atoms with Crippen molar-refractivity contribution in [3.8, 4) is 0 Å². The maximum Gasteiger partial charge on any atom is 0.410 e. The second-order valence-electron chi connectivity index (χ2n) is 6.21. The summed E-state index contributed by atoms with van der Waals surface area (Å²) in [6, 6.07) is -0.249. The van der Waals surface area contributed by atoms with Gasteiger partial charge < -0.3 is 19.5 Å². The van der Waals surface area contributed by atoms with Crippen LogP contribution >= 0.6 is 0 Å². The van der Waals surface area contributed by atoms with E-state index >= 15 is 0 Å². The SMILES string of the molecule is CO[C@@H](C1CCCN1C(=O)OC(C)(C)C)[C@H](C)C(=O)O. The third-order valence-electron chi connectivity index (χ3n) is 3.46. The Labute approximate surface area is 120 Å². The Morgan fingerprint density at radius 3 is 2.40 bits per heavy atom. The van der Waals surface area contributed by atoms with Gasteiger partial charge >= 0.3 is 12.1 Å². The highest BCUT2D eigenvalue weighted by atomic mass is 16.6. The van der Waals surface area contributed by atoms with Gasteiger partial charge in [-0.3, -0.25) is 4.79 Å². The van der Waals surface area contributed by atoms with Crippen LogP contribution in [0.25, 0.3) is 0 Å². The molecule has 6 heteroatoms. The summed E-state index contributed by atoms with van der Waals surface area (Å²) in [5.74, 6) is -1.60. The van der Waals surface area contributed by atoms with Crippen LogP contribution in [0.5, 0.6) is 0 Å². The lowest BCUT2D eigenvalue weighted by Crippen LogP contribution is -2.49. The summed E-state index contributed by atoms with van der Waals surface area (Å²) in [4.78, 5) is 24.9. The molecule has 3 atom stereocenters. The minimum absolute atomic E-state index is 0.249. The molecule has 1 heterocycles. The molecular weight excluding hydrogens is 262 g/mol. The van der Waals surface area contributed by atoms with Crippen molar-refractivity contribution >= 4 is 12.1 Å². The molecule has 1 rings (SSSR count). The van der Waals surface area contributed by atoms with E-state index in [0.717, 1.165) is 12.8 Å². The number of nitrogens with zero attached hydrogens (tertiary/aromatic N) is 1. The second-order valence-corrected chi connectivity index (χ2v) is 6.21. The molecule has 0 radical (unpaired) electrons. The van der Waals surface area contributed by atoms with Gasteiger partial charge in [-0.05, 0) is 40.5 Å². The first-order valence-electron chi connectivity index (χ1n) is 6.92. The summed E-state index contributed by atoms with van der Waals surface area (Å²) in [6.07, 6.45) is 0.632. The minimum atomic E-state index is -0.923. The van der Waals surface area contributed by atoms with Crippen LogP contribution in [0.1, 0.15) is 40.5 Å². The molecule has 1 aliphatic heterocycles.